The van der Waals surface area contributed by atoms with Crippen molar-refractivity contribution in [3.63, 3.8) is 0 Å². The largest absolute Gasteiger partial charge is 0.493 e. The van der Waals surface area contributed by atoms with Gasteiger partial charge in [-0.25, -0.2) is 0 Å². The Bertz CT molecular complexity index is 1230. The average Bonchev–Trinajstić information content (AvgIpc) is 3.20. The molecule has 8 heteroatoms. The van der Waals surface area contributed by atoms with Crippen LogP contribution in [0.2, 0.25) is 0 Å². The molecule has 1 aromatic heterocycles. The predicted molar refractivity (Wildman–Crippen MR) is 127 cm³/mol. The Balaban J connectivity index is 1.73. The van der Waals surface area contributed by atoms with Gasteiger partial charge in [0.15, 0.2) is 11.5 Å². The van der Waals surface area contributed by atoms with E-state index < -0.39 is 5.92 Å². The van der Waals surface area contributed by atoms with E-state index in [4.69, 9.17) is 19.9 Å². The number of nitriles is 1. The van der Waals surface area contributed by atoms with Crippen LogP contribution in [-0.4, -0.2) is 23.4 Å². The number of aromatic nitrogens is 2. The third-order valence-corrected chi connectivity index (χ3v) is 6.34. The molecule has 2 aromatic carbocycles. The van der Waals surface area contributed by atoms with E-state index in [0.29, 0.717) is 28.7 Å². The van der Waals surface area contributed by atoms with Crippen molar-refractivity contribution in [2.45, 2.75) is 43.4 Å². The van der Waals surface area contributed by atoms with Crippen LogP contribution in [-0.2, 0) is 5.75 Å². The molecule has 1 aliphatic rings. The molecule has 0 unspecified atom stereocenters. The van der Waals surface area contributed by atoms with Crippen molar-refractivity contribution in [2.24, 2.45) is 5.73 Å². The summed E-state index contributed by atoms with van der Waals surface area (Å²) in [5.74, 6) is 1.87. The van der Waals surface area contributed by atoms with Gasteiger partial charge in [0, 0.05) is 10.6 Å². The Hall–Kier alpha value is -3.57. The number of hydrogen-bond donors (Lipinski definition) is 2. The molecule has 0 radical (unpaired) electrons. The highest BCUT2D eigenvalue weighted by molar-refractivity contribution is 7.98. The van der Waals surface area contributed by atoms with Gasteiger partial charge in [0.25, 0.3) is 0 Å². The number of fused-ring (bicyclic) bond motifs is 1. The van der Waals surface area contributed by atoms with Gasteiger partial charge in [-0.3, -0.25) is 5.10 Å². The van der Waals surface area contributed by atoms with Gasteiger partial charge in [0.1, 0.15) is 11.6 Å². The number of rotatable bonds is 7. The van der Waals surface area contributed by atoms with Crippen molar-refractivity contribution in [3.8, 4) is 23.4 Å². The lowest BCUT2D eigenvalue weighted by atomic mass is 9.84. The summed E-state index contributed by atoms with van der Waals surface area (Å²) in [7, 11) is 1.60. The number of thioether (sulfide) groups is 1. The lowest BCUT2D eigenvalue weighted by molar-refractivity contribution is 0.230. The highest BCUT2D eigenvalue weighted by Gasteiger charge is 2.35. The van der Waals surface area contributed by atoms with Gasteiger partial charge < -0.3 is 19.9 Å². The molecule has 0 aliphatic carbocycles. The molecule has 0 fully saturated rings. The molecule has 1 atom stereocenters. The second-order valence-electron chi connectivity index (χ2n) is 8.02. The van der Waals surface area contributed by atoms with Gasteiger partial charge in [0.05, 0.1) is 30.4 Å². The van der Waals surface area contributed by atoms with Gasteiger partial charge >= 0.3 is 0 Å². The molecule has 3 N–H and O–H groups in total. The number of nitrogens with two attached hydrogens (primary N) is 1. The minimum Gasteiger partial charge on any atom is -0.493 e. The van der Waals surface area contributed by atoms with E-state index in [1.165, 1.54) is 5.56 Å². The third-order valence-electron chi connectivity index (χ3n) is 5.31. The first-order chi connectivity index (χ1) is 15.9. The lowest BCUT2D eigenvalue weighted by Gasteiger charge is -2.25. The molecule has 0 amide bonds. The number of H-pyrrole nitrogens is 1. The van der Waals surface area contributed by atoms with Crippen molar-refractivity contribution >= 4 is 11.8 Å². The van der Waals surface area contributed by atoms with Crippen LogP contribution in [0.4, 0.5) is 0 Å². The van der Waals surface area contributed by atoms with Crippen molar-refractivity contribution in [1.29, 1.82) is 5.26 Å². The molecule has 0 saturated heterocycles. The van der Waals surface area contributed by atoms with Crippen molar-refractivity contribution < 1.29 is 14.2 Å². The van der Waals surface area contributed by atoms with Gasteiger partial charge in [0.2, 0.25) is 11.8 Å². The number of aryl methyl sites for hydroxylation is 1. The smallest absolute Gasteiger partial charge is 0.244 e. The van der Waals surface area contributed by atoms with Crippen LogP contribution < -0.4 is 19.9 Å². The molecular formula is C25H26N4O3S. The van der Waals surface area contributed by atoms with Crippen LogP contribution in [0.5, 0.6) is 17.4 Å². The Kier molecular flexibility index (Phi) is 6.52. The second kappa shape index (κ2) is 9.51. The summed E-state index contributed by atoms with van der Waals surface area (Å²) >= 11 is 1.68. The van der Waals surface area contributed by atoms with E-state index >= 15 is 0 Å². The Morgan fingerprint density at radius 2 is 1.97 bits per heavy atom. The van der Waals surface area contributed by atoms with Crippen LogP contribution >= 0.6 is 11.8 Å². The molecule has 170 valence electrons. The van der Waals surface area contributed by atoms with E-state index in [0.717, 1.165) is 21.7 Å². The number of nitrogens with one attached hydrogen (secondary N) is 1. The molecule has 3 aromatic rings. The molecule has 0 saturated carbocycles. The number of hydrogen-bond acceptors (Lipinski definition) is 7. The summed E-state index contributed by atoms with van der Waals surface area (Å²) in [4.78, 5) is 1.14. The highest BCUT2D eigenvalue weighted by Crippen LogP contribution is 2.45. The molecule has 7 nitrogen and oxygen atoms in total. The Morgan fingerprint density at radius 1 is 1.21 bits per heavy atom. The minimum atomic E-state index is -0.437. The van der Waals surface area contributed by atoms with E-state index in [1.807, 2.05) is 32.0 Å². The zero-order valence-electron chi connectivity index (χ0n) is 19.0. The first-order valence-corrected chi connectivity index (χ1v) is 11.6. The topological polar surface area (TPSA) is 106 Å². The zero-order valence-corrected chi connectivity index (χ0v) is 19.8. The fourth-order valence-corrected chi connectivity index (χ4v) is 4.62. The minimum absolute atomic E-state index is 0.00363. The number of benzene rings is 2. The van der Waals surface area contributed by atoms with Crippen LogP contribution in [0, 0.1) is 18.3 Å². The van der Waals surface area contributed by atoms with Crippen molar-refractivity contribution in [2.75, 3.05) is 7.11 Å². The number of aromatic amines is 1. The molecule has 4 rings (SSSR count). The number of allylic oxidation sites excluding steroid dienone is 1. The highest BCUT2D eigenvalue weighted by atomic mass is 32.2. The Morgan fingerprint density at radius 3 is 2.64 bits per heavy atom. The summed E-state index contributed by atoms with van der Waals surface area (Å²) < 4.78 is 17.1. The summed E-state index contributed by atoms with van der Waals surface area (Å²) in [6.07, 6.45) is 0.00363. The van der Waals surface area contributed by atoms with E-state index in [-0.39, 0.29) is 12.0 Å². The summed E-state index contributed by atoms with van der Waals surface area (Å²) in [5.41, 5.74) is 10.2. The van der Waals surface area contributed by atoms with Gasteiger partial charge in [-0.15, -0.1) is 16.9 Å². The maximum Gasteiger partial charge on any atom is 0.244 e. The fraction of sp³-hybridized carbons (Fsp3) is 0.280. The third kappa shape index (κ3) is 4.64. The zero-order chi connectivity index (χ0) is 23.5. The standard InChI is InChI=1S/C25H26N4O3S/c1-14(2)31-20-10-7-16(11-21(20)30-4)22-18(12-26)24(27)32-25-23(22)19(28-29-25)13-33-17-8-5-15(3)6-9-17/h5-11,14,22H,13,27H2,1-4H3,(H,28,29)/t22-/m0/s1. The van der Waals surface area contributed by atoms with E-state index in [2.05, 4.69) is 47.5 Å². The number of methoxy groups -OCH3 is 1. The normalized spacial score (nSPS) is 15.1. The van der Waals surface area contributed by atoms with Gasteiger partial charge in [-0.05, 0) is 50.6 Å². The van der Waals surface area contributed by atoms with Crippen molar-refractivity contribution in [1.82, 2.24) is 10.2 Å². The molecular weight excluding hydrogens is 436 g/mol. The van der Waals surface area contributed by atoms with E-state index in [9.17, 15) is 5.26 Å². The molecule has 0 bridgehead atoms. The van der Waals surface area contributed by atoms with Crippen molar-refractivity contribution in [3.05, 3.63) is 76.3 Å². The van der Waals surface area contributed by atoms with Crippen LogP contribution in [0.15, 0.2) is 58.8 Å². The quantitative estimate of drug-likeness (QED) is 0.475. The SMILES string of the molecule is COc1cc([C@H]2C(C#N)=C(N)Oc3n[nH]c(CSc4ccc(C)cc4)c32)ccc1OC(C)C. The summed E-state index contributed by atoms with van der Waals surface area (Å²) in [6, 6.07) is 16.2. The number of ether oxygens (including phenoxy) is 3. The first kappa shape index (κ1) is 22.6. The second-order valence-corrected chi connectivity index (χ2v) is 9.07. The molecule has 0 spiro atoms. The molecule has 2 heterocycles. The predicted octanol–water partition coefficient (Wildman–Crippen LogP) is 5.02. The number of nitrogens with zero attached hydrogens (tertiary/aromatic N) is 2. The van der Waals surface area contributed by atoms with Gasteiger partial charge in [-0.2, -0.15) is 5.26 Å². The lowest BCUT2D eigenvalue weighted by Crippen LogP contribution is -2.21. The Labute approximate surface area is 197 Å². The summed E-state index contributed by atoms with van der Waals surface area (Å²) in [5, 5.41) is 17.3. The molecule has 1 aliphatic heterocycles. The van der Waals surface area contributed by atoms with Crippen LogP contribution in [0.1, 0.15) is 42.1 Å². The molecule has 33 heavy (non-hydrogen) atoms. The van der Waals surface area contributed by atoms with E-state index in [1.54, 1.807) is 18.9 Å². The average molecular weight is 463 g/mol. The summed E-state index contributed by atoms with van der Waals surface area (Å²) in [6.45, 7) is 5.98. The van der Waals surface area contributed by atoms with Crippen LogP contribution in [0.3, 0.4) is 0 Å². The van der Waals surface area contributed by atoms with Gasteiger partial charge in [-0.1, -0.05) is 23.8 Å². The van der Waals surface area contributed by atoms with Crippen LogP contribution in [0.25, 0.3) is 0 Å². The fourth-order valence-electron chi connectivity index (χ4n) is 3.76. The first-order valence-electron chi connectivity index (χ1n) is 10.6. The monoisotopic (exact) mass is 462 g/mol. The maximum absolute atomic E-state index is 9.92. The maximum atomic E-state index is 9.92.